The minimum Gasteiger partial charge on any atom is -0.417 e. The third-order valence-electron chi connectivity index (χ3n) is 7.48. The molecule has 0 bridgehead atoms. The van der Waals surface area contributed by atoms with Crippen LogP contribution in [0.3, 0.4) is 0 Å². The average molecular weight is 409 g/mol. The van der Waals surface area contributed by atoms with Gasteiger partial charge in [-0.25, -0.2) is 8.78 Å². The van der Waals surface area contributed by atoms with E-state index in [1.54, 1.807) is 6.07 Å². The second-order valence-electron chi connectivity index (χ2n) is 9.20. The van der Waals surface area contributed by atoms with E-state index >= 15 is 0 Å². The van der Waals surface area contributed by atoms with Crippen LogP contribution in [0.25, 0.3) is 0 Å². The van der Waals surface area contributed by atoms with Crippen LogP contribution in [0.2, 0.25) is 18.1 Å². The molecule has 2 aliphatic rings. The zero-order valence-corrected chi connectivity index (χ0v) is 18.8. The van der Waals surface area contributed by atoms with Crippen LogP contribution < -0.4 is 0 Å². The predicted octanol–water partition coefficient (Wildman–Crippen LogP) is 7.82. The fraction of sp³-hybridized carbons (Fsp3) is 0.750. The van der Waals surface area contributed by atoms with E-state index in [0.29, 0.717) is 5.92 Å². The molecule has 28 heavy (non-hydrogen) atoms. The van der Waals surface area contributed by atoms with Crippen LogP contribution in [-0.4, -0.2) is 14.9 Å². The van der Waals surface area contributed by atoms with Gasteiger partial charge in [-0.05, 0) is 86.2 Å². The lowest BCUT2D eigenvalue weighted by Crippen LogP contribution is -2.43. The molecule has 4 heteroatoms. The van der Waals surface area contributed by atoms with Crippen LogP contribution in [-0.2, 0) is 4.43 Å². The van der Waals surface area contributed by atoms with E-state index in [1.807, 2.05) is 0 Å². The predicted molar refractivity (Wildman–Crippen MR) is 115 cm³/mol. The molecule has 1 aliphatic heterocycles. The van der Waals surface area contributed by atoms with E-state index in [-0.39, 0.29) is 0 Å². The largest absolute Gasteiger partial charge is 0.417 e. The van der Waals surface area contributed by atoms with E-state index in [0.717, 1.165) is 36.8 Å². The van der Waals surface area contributed by atoms with Gasteiger partial charge in [0.05, 0.1) is 0 Å². The van der Waals surface area contributed by atoms with Crippen molar-refractivity contribution in [2.24, 2.45) is 11.8 Å². The zero-order chi connectivity index (χ0) is 20.0. The molecule has 0 radical (unpaired) electrons. The Hall–Kier alpha value is -0.743. The van der Waals surface area contributed by atoms with Crippen LogP contribution in [0.4, 0.5) is 8.78 Å². The first-order valence-corrected chi connectivity index (χ1v) is 14.2. The molecule has 0 N–H and O–H groups in total. The summed E-state index contributed by atoms with van der Waals surface area (Å²) in [5, 5.41) is 0. The topological polar surface area (TPSA) is 9.23 Å². The van der Waals surface area contributed by atoms with Gasteiger partial charge in [-0.15, -0.1) is 0 Å². The number of hydrogen-bond acceptors (Lipinski definition) is 1. The van der Waals surface area contributed by atoms with Gasteiger partial charge >= 0.3 is 0 Å². The van der Waals surface area contributed by atoms with E-state index in [1.165, 1.54) is 75.2 Å². The van der Waals surface area contributed by atoms with Gasteiger partial charge in [0.1, 0.15) is 0 Å². The van der Waals surface area contributed by atoms with Crippen molar-refractivity contribution in [1.82, 2.24) is 0 Å². The summed E-state index contributed by atoms with van der Waals surface area (Å²) in [6.45, 7) is 5.34. The molecule has 3 rings (SSSR count). The van der Waals surface area contributed by atoms with Crippen molar-refractivity contribution in [2.45, 2.75) is 95.7 Å². The second-order valence-corrected chi connectivity index (χ2v) is 13.4. The van der Waals surface area contributed by atoms with Crippen LogP contribution in [0.1, 0.15) is 83.1 Å². The standard InChI is InChI=1S/C24H38F2OSi/c1-3-5-6-15-28(27-4-2)16-13-21(14-17-28)19-7-9-20(10-8-19)22-11-12-23(25)24(26)18-22/h11-12,18-21H,3-10,13-17H2,1-2H3. The molecule has 1 heterocycles. The van der Waals surface area contributed by atoms with Gasteiger partial charge in [0.25, 0.3) is 0 Å². The number of unbranched alkanes of at least 4 members (excludes halogenated alkanes) is 2. The highest BCUT2D eigenvalue weighted by molar-refractivity contribution is 6.74. The Morgan fingerprint density at radius 3 is 2.18 bits per heavy atom. The Morgan fingerprint density at radius 2 is 1.57 bits per heavy atom. The van der Waals surface area contributed by atoms with Crippen molar-refractivity contribution in [3.8, 4) is 0 Å². The molecule has 1 saturated heterocycles. The van der Waals surface area contributed by atoms with E-state index in [9.17, 15) is 8.78 Å². The lowest BCUT2D eigenvalue weighted by atomic mass is 9.72. The summed E-state index contributed by atoms with van der Waals surface area (Å²) in [5.74, 6) is 0.651. The lowest BCUT2D eigenvalue weighted by Gasteiger charge is -2.42. The Morgan fingerprint density at radius 1 is 0.893 bits per heavy atom. The van der Waals surface area contributed by atoms with Gasteiger partial charge in [-0.1, -0.05) is 45.1 Å². The summed E-state index contributed by atoms with van der Waals surface area (Å²) >= 11 is 0. The van der Waals surface area contributed by atoms with Crippen molar-refractivity contribution in [2.75, 3.05) is 6.61 Å². The summed E-state index contributed by atoms with van der Waals surface area (Å²) in [4.78, 5) is 0. The maximum atomic E-state index is 13.6. The Bertz CT molecular complexity index is 605. The molecule has 0 spiro atoms. The molecule has 2 fully saturated rings. The first-order valence-electron chi connectivity index (χ1n) is 11.7. The average Bonchev–Trinajstić information content (AvgIpc) is 2.71. The van der Waals surface area contributed by atoms with Gasteiger partial charge in [0, 0.05) is 6.61 Å². The lowest BCUT2D eigenvalue weighted by molar-refractivity contribution is 0.202. The molecule has 1 aromatic rings. The van der Waals surface area contributed by atoms with Crippen molar-refractivity contribution in [3.63, 3.8) is 0 Å². The molecule has 1 nitrogen and oxygen atoms in total. The van der Waals surface area contributed by atoms with Gasteiger partial charge in [0.2, 0.25) is 0 Å². The number of benzene rings is 1. The quantitative estimate of drug-likeness (QED) is 0.315. The minimum atomic E-state index is -1.48. The molecule has 0 atom stereocenters. The highest BCUT2D eigenvalue weighted by atomic mass is 28.4. The Labute approximate surface area is 171 Å². The van der Waals surface area contributed by atoms with Crippen LogP contribution in [0.15, 0.2) is 18.2 Å². The third kappa shape index (κ3) is 5.44. The smallest absolute Gasteiger partial charge is 0.192 e. The summed E-state index contributed by atoms with van der Waals surface area (Å²) < 4.78 is 33.2. The fourth-order valence-corrected chi connectivity index (χ4v) is 10.3. The minimum absolute atomic E-state index is 0.404. The maximum Gasteiger partial charge on any atom is 0.192 e. The molecule has 0 aromatic heterocycles. The Kier molecular flexibility index (Phi) is 8.10. The molecule has 0 amide bonds. The van der Waals surface area contributed by atoms with Crippen molar-refractivity contribution in [1.29, 1.82) is 0 Å². The molecule has 1 aromatic carbocycles. The van der Waals surface area contributed by atoms with Crippen molar-refractivity contribution >= 4 is 8.32 Å². The first kappa shape index (κ1) is 22.0. The third-order valence-corrected chi connectivity index (χ3v) is 12.0. The van der Waals surface area contributed by atoms with Gasteiger partial charge in [0.15, 0.2) is 20.0 Å². The SMILES string of the molecule is CCCCC[Si]1(OCC)CCC(C2CCC(c3ccc(F)c(F)c3)CC2)CC1. The van der Waals surface area contributed by atoms with Crippen molar-refractivity contribution < 1.29 is 13.2 Å². The molecular formula is C24H38F2OSi. The molecule has 1 saturated carbocycles. The van der Waals surface area contributed by atoms with Gasteiger partial charge < -0.3 is 4.43 Å². The molecule has 158 valence electrons. The van der Waals surface area contributed by atoms with Crippen LogP contribution in [0, 0.1) is 23.5 Å². The number of halogens is 2. The number of rotatable bonds is 8. The zero-order valence-electron chi connectivity index (χ0n) is 17.8. The molecule has 0 unspecified atom stereocenters. The van der Waals surface area contributed by atoms with Gasteiger partial charge in [-0.3, -0.25) is 0 Å². The van der Waals surface area contributed by atoms with Crippen molar-refractivity contribution in [3.05, 3.63) is 35.4 Å². The normalized spacial score (nSPS) is 31.1. The van der Waals surface area contributed by atoms with Gasteiger partial charge in [-0.2, -0.15) is 0 Å². The van der Waals surface area contributed by atoms with E-state index in [2.05, 4.69) is 13.8 Å². The fourth-order valence-electron chi connectivity index (χ4n) is 5.80. The summed E-state index contributed by atoms with van der Waals surface area (Å²) in [6, 6.07) is 8.57. The highest BCUT2D eigenvalue weighted by Crippen LogP contribution is 2.46. The monoisotopic (exact) mass is 408 g/mol. The second kappa shape index (κ2) is 10.3. The summed E-state index contributed by atoms with van der Waals surface area (Å²) in [7, 11) is -1.48. The molecular weight excluding hydrogens is 370 g/mol. The first-order chi connectivity index (χ1) is 13.6. The van der Waals surface area contributed by atoms with E-state index < -0.39 is 20.0 Å². The van der Waals surface area contributed by atoms with E-state index in [4.69, 9.17) is 4.43 Å². The Balaban J connectivity index is 1.49. The number of hydrogen-bond donors (Lipinski definition) is 0. The maximum absolute atomic E-state index is 13.6. The summed E-state index contributed by atoms with van der Waals surface area (Å²) in [5.41, 5.74) is 0.986. The van der Waals surface area contributed by atoms with Crippen LogP contribution >= 0.6 is 0 Å². The highest BCUT2D eigenvalue weighted by Gasteiger charge is 2.41. The summed E-state index contributed by atoms with van der Waals surface area (Å²) in [6.07, 6.45) is 11.4. The van der Waals surface area contributed by atoms with Crippen LogP contribution in [0.5, 0.6) is 0 Å². The molecule has 1 aliphatic carbocycles.